The minimum Gasteiger partial charge on any atom is -0.497 e. The van der Waals surface area contributed by atoms with E-state index in [9.17, 15) is 4.79 Å². The third-order valence-corrected chi connectivity index (χ3v) is 2.46. The van der Waals surface area contributed by atoms with Crippen molar-refractivity contribution >= 4 is 5.78 Å². The average Bonchev–Trinajstić information content (AvgIpc) is 2.30. The summed E-state index contributed by atoms with van der Waals surface area (Å²) in [6, 6.07) is 3.64. The van der Waals surface area contributed by atoms with Gasteiger partial charge in [-0.1, -0.05) is 0 Å². The predicted octanol–water partition coefficient (Wildman–Crippen LogP) is 1.98. The van der Waals surface area contributed by atoms with Crippen molar-refractivity contribution in [3.05, 3.63) is 23.3 Å². The average molecular weight is 238 g/mol. The van der Waals surface area contributed by atoms with Crippen LogP contribution in [0.25, 0.3) is 0 Å². The summed E-state index contributed by atoms with van der Waals surface area (Å²) in [5.74, 6) is 1.44. The highest BCUT2D eigenvalue weighted by Gasteiger charge is 2.13. The Balaban J connectivity index is 3.24. The second-order valence-corrected chi connectivity index (χ2v) is 3.78. The van der Waals surface area contributed by atoms with Gasteiger partial charge in [0.05, 0.1) is 20.8 Å². The quantitative estimate of drug-likeness (QED) is 0.760. The minimum atomic E-state index is 0.0887. The lowest BCUT2D eigenvalue weighted by Gasteiger charge is -2.14. The highest BCUT2D eigenvalue weighted by atomic mass is 16.5. The van der Waals surface area contributed by atoms with Crippen LogP contribution < -0.4 is 9.47 Å². The molecule has 4 nitrogen and oxygen atoms in total. The van der Waals surface area contributed by atoms with Gasteiger partial charge in [-0.3, -0.25) is 4.79 Å². The van der Waals surface area contributed by atoms with Gasteiger partial charge in [0.2, 0.25) is 0 Å². The first-order valence-electron chi connectivity index (χ1n) is 5.34. The molecular formula is C13H18O4. The molecule has 1 aromatic carbocycles. The molecule has 0 aliphatic heterocycles. The molecular weight excluding hydrogens is 220 g/mol. The van der Waals surface area contributed by atoms with Crippen molar-refractivity contribution in [1.29, 1.82) is 0 Å². The zero-order chi connectivity index (χ0) is 12.8. The summed E-state index contributed by atoms with van der Waals surface area (Å²) in [7, 11) is 4.79. The van der Waals surface area contributed by atoms with Gasteiger partial charge in [0.1, 0.15) is 17.3 Å². The molecule has 0 radical (unpaired) electrons. The Kier molecular flexibility index (Phi) is 4.97. The maximum Gasteiger partial charge on any atom is 0.134 e. The molecule has 0 fully saturated rings. The van der Waals surface area contributed by atoms with Gasteiger partial charge in [-0.05, 0) is 18.6 Å². The van der Waals surface area contributed by atoms with Crippen molar-refractivity contribution in [1.82, 2.24) is 0 Å². The predicted molar refractivity (Wildman–Crippen MR) is 64.6 cm³/mol. The Morgan fingerprint density at radius 3 is 2.35 bits per heavy atom. The lowest BCUT2D eigenvalue weighted by atomic mass is 10.0. The van der Waals surface area contributed by atoms with Crippen LogP contribution in [-0.2, 0) is 22.6 Å². The van der Waals surface area contributed by atoms with Crippen LogP contribution in [0, 0.1) is 0 Å². The summed E-state index contributed by atoms with van der Waals surface area (Å²) in [6.07, 6.45) is 0.339. The van der Waals surface area contributed by atoms with Crippen molar-refractivity contribution in [2.75, 3.05) is 21.3 Å². The molecule has 0 spiro atoms. The minimum absolute atomic E-state index is 0.0887. The van der Waals surface area contributed by atoms with Crippen molar-refractivity contribution in [2.45, 2.75) is 20.0 Å². The lowest BCUT2D eigenvalue weighted by Crippen LogP contribution is -2.05. The molecule has 94 valence electrons. The summed E-state index contributed by atoms with van der Waals surface area (Å²) in [5, 5.41) is 0. The second-order valence-electron chi connectivity index (χ2n) is 3.78. The summed E-state index contributed by atoms with van der Waals surface area (Å²) >= 11 is 0. The van der Waals surface area contributed by atoms with Crippen LogP contribution in [0.15, 0.2) is 12.1 Å². The first-order chi connectivity index (χ1) is 8.12. The maximum atomic E-state index is 11.3. The first kappa shape index (κ1) is 13.5. The van der Waals surface area contributed by atoms with Crippen molar-refractivity contribution < 1.29 is 19.0 Å². The van der Waals surface area contributed by atoms with Crippen LogP contribution in [0.2, 0.25) is 0 Å². The molecule has 1 aromatic rings. The number of hydrogen-bond donors (Lipinski definition) is 0. The van der Waals surface area contributed by atoms with Gasteiger partial charge < -0.3 is 14.2 Å². The largest absolute Gasteiger partial charge is 0.497 e. The fraction of sp³-hybridized carbons (Fsp3) is 0.462. The van der Waals surface area contributed by atoms with Gasteiger partial charge in [0, 0.05) is 25.2 Å². The molecule has 0 bridgehead atoms. The van der Waals surface area contributed by atoms with Crippen LogP contribution in [-0.4, -0.2) is 27.1 Å². The van der Waals surface area contributed by atoms with Crippen LogP contribution in [0.3, 0.4) is 0 Å². The van der Waals surface area contributed by atoms with E-state index in [1.165, 1.54) is 0 Å². The number of methoxy groups -OCH3 is 3. The van der Waals surface area contributed by atoms with E-state index in [2.05, 4.69) is 0 Å². The normalized spacial score (nSPS) is 10.1. The molecule has 0 saturated heterocycles. The zero-order valence-corrected chi connectivity index (χ0v) is 10.7. The first-order valence-corrected chi connectivity index (χ1v) is 5.34. The van der Waals surface area contributed by atoms with Gasteiger partial charge in [0.15, 0.2) is 0 Å². The Hall–Kier alpha value is -1.55. The molecule has 0 atom stereocenters. The number of carbonyl (C=O) groups excluding carboxylic acids is 1. The summed E-state index contributed by atoms with van der Waals surface area (Å²) in [4.78, 5) is 11.3. The molecule has 0 heterocycles. The molecule has 0 aliphatic rings. The van der Waals surface area contributed by atoms with E-state index in [1.807, 2.05) is 6.07 Å². The Bertz CT molecular complexity index is 399. The van der Waals surface area contributed by atoms with Gasteiger partial charge in [-0.2, -0.15) is 0 Å². The number of hydrogen-bond acceptors (Lipinski definition) is 4. The lowest BCUT2D eigenvalue weighted by molar-refractivity contribution is -0.116. The molecule has 17 heavy (non-hydrogen) atoms. The molecule has 1 rings (SSSR count). The summed E-state index contributed by atoms with van der Waals surface area (Å²) in [5.41, 5.74) is 1.78. The smallest absolute Gasteiger partial charge is 0.134 e. The topological polar surface area (TPSA) is 44.8 Å². The molecule has 0 aliphatic carbocycles. The zero-order valence-electron chi connectivity index (χ0n) is 10.7. The van der Waals surface area contributed by atoms with E-state index < -0.39 is 0 Å². The Labute approximate surface area is 101 Å². The van der Waals surface area contributed by atoms with Gasteiger partial charge in [0.25, 0.3) is 0 Å². The number of rotatable bonds is 6. The summed E-state index contributed by atoms with van der Waals surface area (Å²) in [6.45, 7) is 1.98. The molecule has 0 N–H and O–H groups in total. The molecule has 4 heteroatoms. The van der Waals surface area contributed by atoms with Crippen LogP contribution >= 0.6 is 0 Å². The third kappa shape index (κ3) is 3.46. The van der Waals surface area contributed by atoms with E-state index in [1.54, 1.807) is 34.3 Å². The SMILES string of the molecule is COCc1cc(OC)cc(OC)c1CC(C)=O. The van der Waals surface area contributed by atoms with E-state index >= 15 is 0 Å². The number of benzene rings is 1. The van der Waals surface area contributed by atoms with Gasteiger partial charge in [-0.25, -0.2) is 0 Å². The molecule has 0 aromatic heterocycles. The van der Waals surface area contributed by atoms with E-state index in [4.69, 9.17) is 14.2 Å². The van der Waals surface area contributed by atoms with Crippen molar-refractivity contribution in [2.24, 2.45) is 0 Å². The van der Waals surface area contributed by atoms with E-state index in [-0.39, 0.29) is 5.78 Å². The third-order valence-electron chi connectivity index (χ3n) is 2.46. The van der Waals surface area contributed by atoms with Crippen LogP contribution in [0.5, 0.6) is 11.5 Å². The van der Waals surface area contributed by atoms with Crippen molar-refractivity contribution in [3.8, 4) is 11.5 Å². The van der Waals surface area contributed by atoms with Crippen LogP contribution in [0.4, 0.5) is 0 Å². The molecule has 0 saturated carbocycles. The standard InChI is InChI=1S/C13H18O4/c1-9(14)5-12-10(8-15-2)6-11(16-3)7-13(12)17-4/h6-7H,5,8H2,1-4H3. The number of Topliss-reactive ketones (excluding diaryl/α,β-unsaturated/α-hetero) is 1. The number of carbonyl (C=O) groups is 1. The summed E-state index contributed by atoms with van der Waals surface area (Å²) < 4.78 is 15.6. The monoisotopic (exact) mass is 238 g/mol. The van der Waals surface area contributed by atoms with Gasteiger partial charge >= 0.3 is 0 Å². The van der Waals surface area contributed by atoms with Gasteiger partial charge in [-0.15, -0.1) is 0 Å². The fourth-order valence-electron chi connectivity index (χ4n) is 1.71. The second kappa shape index (κ2) is 6.25. The van der Waals surface area contributed by atoms with Crippen molar-refractivity contribution in [3.63, 3.8) is 0 Å². The Morgan fingerprint density at radius 2 is 1.88 bits per heavy atom. The maximum absolute atomic E-state index is 11.3. The highest BCUT2D eigenvalue weighted by molar-refractivity contribution is 5.79. The highest BCUT2D eigenvalue weighted by Crippen LogP contribution is 2.29. The molecule has 0 unspecified atom stereocenters. The fourth-order valence-corrected chi connectivity index (χ4v) is 1.71. The Morgan fingerprint density at radius 1 is 1.18 bits per heavy atom. The number of ether oxygens (including phenoxy) is 3. The number of ketones is 1. The van der Waals surface area contributed by atoms with E-state index in [0.29, 0.717) is 24.5 Å². The van der Waals surface area contributed by atoms with E-state index in [0.717, 1.165) is 11.1 Å². The molecule has 0 amide bonds. The van der Waals surface area contributed by atoms with Crippen LogP contribution in [0.1, 0.15) is 18.1 Å².